The highest BCUT2D eigenvalue weighted by molar-refractivity contribution is 5.95. The molecule has 0 N–H and O–H groups in total. The molecule has 0 radical (unpaired) electrons. The van der Waals surface area contributed by atoms with Gasteiger partial charge in [0.1, 0.15) is 5.75 Å². The van der Waals surface area contributed by atoms with Gasteiger partial charge in [-0.05, 0) is 24.1 Å². The summed E-state index contributed by atoms with van der Waals surface area (Å²) in [7, 11) is 1.76. The summed E-state index contributed by atoms with van der Waals surface area (Å²) in [6.45, 7) is 1.26. The number of ether oxygens (including phenoxy) is 1. The van der Waals surface area contributed by atoms with Crippen LogP contribution in [0.15, 0.2) is 54.6 Å². The molecule has 2 aromatic rings. The van der Waals surface area contributed by atoms with Crippen LogP contribution in [0.5, 0.6) is 5.75 Å². The number of nitrogens with zero attached hydrogens (tertiary/aromatic N) is 2. The average Bonchev–Trinajstić information content (AvgIpc) is 3.07. The van der Waals surface area contributed by atoms with E-state index in [0.29, 0.717) is 18.7 Å². The van der Waals surface area contributed by atoms with E-state index in [4.69, 9.17) is 4.74 Å². The number of amides is 2. The molecule has 0 bridgehead atoms. The van der Waals surface area contributed by atoms with Gasteiger partial charge < -0.3 is 14.5 Å². The maximum Gasteiger partial charge on any atom is 0.260 e. The molecular formula is C20H22N2O3. The van der Waals surface area contributed by atoms with Crippen LogP contribution >= 0.6 is 0 Å². The summed E-state index contributed by atoms with van der Waals surface area (Å²) in [5.74, 6) is 0.640. The Morgan fingerprint density at radius 1 is 1.16 bits per heavy atom. The van der Waals surface area contributed by atoms with E-state index < -0.39 is 0 Å². The topological polar surface area (TPSA) is 49.9 Å². The van der Waals surface area contributed by atoms with Crippen molar-refractivity contribution >= 4 is 17.5 Å². The second kappa shape index (κ2) is 7.83. The van der Waals surface area contributed by atoms with Crippen LogP contribution in [0, 0.1) is 0 Å². The summed E-state index contributed by atoms with van der Waals surface area (Å²) in [6, 6.07) is 17.2. The van der Waals surface area contributed by atoms with E-state index in [1.165, 1.54) is 0 Å². The summed E-state index contributed by atoms with van der Waals surface area (Å²) < 4.78 is 5.63. The van der Waals surface area contributed by atoms with Crippen LogP contribution in [0.2, 0.25) is 0 Å². The van der Waals surface area contributed by atoms with E-state index in [1.54, 1.807) is 22.9 Å². The van der Waals surface area contributed by atoms with Crippen LogP contribution < -0.4 is 9.64 Å². The normalized spacial score (nSPS) is 13.8. The van der Waals surface area contributed by atoms with Crippen molar-refractivity contribution in [3.63, 3.8) is 0 Å². The predicted octanol–water partition coefficient (Wildman–Crippen LogP) is 2.85. The summed E-state index contributed by atoms with van der Waals surface area (Å²) in [4.78, 5) is 27.5. The lowest BCUT2D eigenvalue weighted by Crippen LogP contribution is -2.31. The molecular weight excluding hydrogens is 316 g/mol. The van der Waals surface area contributed by atoms with Crippen LogP contribution in [0.25, 0.3) is 0 Å². The van der Waals surface area contributed by atoms with Gasteiger partial charge in [0, 0.05) is 38.3 Å². The van der Waals surface area contributed by atoms with E-state index in [1.807, 2.05) is 48.5 Å². The molecule has 2 amide bonds. The van der Waals surface area contributed by atoms with Crippen LogP contribution in [0.3, 0.4) is 0 Å². The maximum absolute atomic E-state index is 12.3. The lowest BCUT2D eigenvalue weighted by atomic mass is 10.2. The van der Waals surface area contributed by atoms with E-state index in [2.05, 4.69) is 0 Å². The molecule has 0 unspecified atom stereocenters. The molecule has 2 aromatic carbocycles. The van der Waals surface area contributed by atoms with Gasteiger partial charge in [0.25, 0.3) is 5.91 Å². The Morgan fingerprint density at radius 3 is 2.68 bits per heavy atom. The maximum atomic E-state index is 12.3. The Kier molecular flexibility index (Phi) is 5.33. The van der Waals surface area contributed by atoms with Gasteiger partial charge >= 0.3 is 0 Å². The minimum Gasteiger partial charge on any atom is -0.484 e. The van der Waals surface area contributed by atoms with Crippen molar-refractivity contribution in [3.8, 4) is 5.75 Å². The highest BCUT2D eigenvalue weighted by Crippen LogP contribution is 2.25. The number of hydrogen-bond donors (Lipinski definition) is 0. The molecule has 0 aliphatic carbocycles. The fraction of sp³-hybridized carbons (Fsp3) is 0.300. The summed E-state index contributed by atoms with van der Waals surface area (Å²) >= 11 is 0. The molecule has 1 fully saturated rings. The van der Waals surface area contributed by atoms with Gasteiger partial charge in [0.15, 0.2) is 6.61 Å². The first-order valence-electron chi connectivity index (χ1n) is 8.44. The van der Waals surface area contributed by atoms with Crippen molar-refractivity contribution in [2.75, 3.05) is 25.1 Å². The van der Waals surface area contributed by atoms with E-state index in [-0.39, 0.29) is 18.4 Å². The third kappa shape index (κ3) is 4.38. The molecule has 1 heterocycles. The van der Waals surface area contributed by atoms with Crippen molar-refractivity contribution in [3.05, 3.63) is 60.2 Å². The smallest absolute Gasteiger partial charge is 0.260 e. The van der Waals surface area contributed by atoms with Crippen LogP contribution in [0.1, 0.15) is 18.4 Å². The summed E-state index contributed by atoms with van der Waals surface area (Å²) in [5, 5.41) is 0. The van der Waals surface area contributed by atoms with Gasteiger partial charge in [-0.25, -0.2) is 0 Å². The summed E-state index contributed by atoms with van der Waals surface area (Å²) in [6.07, 6.45) is 1.47. The van der Waals surface area contributed by atoms with Gasteiger partial charge in [-0.3, -0.25) is 9.59 Å². The molecule has 0 saturated carbocycles. The van der Waals surface area contributed by atoms with Crippen molar-refractivity contribution in [1.82, 2.24) is 4.90 Å². The first-order chi connectivity index (χ1) is 12.1. The fourth-order valence-electron chi connectivity index (χ4n) is 2.86. The second-order valence-corrected chi connectivity index (χ2v) is 6.17. The standard InChI is InChI=1S/C20H22N2O3/c1-21(14-16-7-3-2-4-8-16)20(24)15-25-18-10-5-9-17(13-18)22-12-6-11-19(22)23/h2-5,7-10,13H,6,11-12,14-15H2,1H3. The third-order valence-corrected chi connectivity index (χ3v) is 4.25. The van der Waals surface area contributed by atoms with Crippen molar-refractivity contribution < 1.29 is 14.3 Å². The minimum absolute atomic E-state index is 0.0271. The average molecular weight is 338 g/mol. The quantitative estimate of drug-likeness (QED) is 0.814. The van der Waals surface area contributed by atoms with Gasteiger partial charge in [-0.1, -0.05) is 36.4 Å². The highest BCUT2D eigenvalue weighted by Gasteiger charge is 2.22. The van der Waals surface area contributed by atoms with E-state index >= 15 is 0 Å². The first-order valence-corrected chi connectivity index (χ1v) is 8.44. The molecule has 25 heavy (non-hydrogen) atoms. The number of hydrogen-bond acceptors (Lipinski definition) is 3. The van der Waals surface area contributed by atoms with Crippen LogP contribution in [-0.2, 0) is 16.1 Å². The lowest BCUT2D eigenvalue weighted by Gasteiger charge is -2.19. The molecule has 5 nitrogen and oxygen atoms in total. The van der Waals surface area contributed by atoms with E-state index in [0.717, 1.165) is 24.2 Å². The van der Waals surface area contributed by atoms with Crippen LogP contribution in [-0.4, -0.2) is 36.9 Å². The number of rotatable bonds is 6. The Hall–Kier alpha value is -2.82. The second-order valence-electron chi connectivity index (χ2n) is 6.17. The zero-order chi connectivity index (χ0) is 17.6. The Bertz CT molecular complexity index is 746. The number of benzene rings is 2. The molecule has 130 valence electrons. The SMILES string of the molecule is CN(Cc1ccccc1)C(=O)COc1cccc(N2CCCC2=O)c1. The van der Waals surface area contributed by atoms with Crippen LogP contribution in [0.4, 0.5) is 5.69 Å². The molecule has 0 atom stereocenters. The van der Waals surface area contributed by atoms with Gasteiger partial charge in [0.2, 0.25) is 5.91 Å². The largest absolute Gasteiger partial charge is 0.484 e. The molecule has 5 heteroatoms. The zero-order valence-electron chi connectivity index (χ0n) is 14.4. The number of likely N-dealkylation sites (N-methyl/N-ethyl adjacent to an activating group) is 1. The fourth-order valence-corrected chi connectivity index (χ4v) is 2.86. The van der Waals surface area contributed by atoms with Gasteiger partial charge in [-0.15, -0.1) is 0 Å². The van der Waals surface area contributed by atoms with Crippen molar-refractivity contribution in [2.24, 2.45) is 0 Å². The van der Waals surface area contributed by atoms with E-state index in [9.17, 15) is 9.59 Å². The monoisotopic (exact) mass is 338 g/mol. The Balaban J connectivity index is 1.56. The number of carbonyl (C=O) groups excluding carboxylic acids is 2. The number of anilines is 1. The Morgan fingerprint density at radius 2 is 1.96 bits per heavy atom. The Labute approximate surface area is 147 Å². The predicted molar refractivity (Wildman–Crippen MR) is 96.4 cm³/mol. The molecule has 0 spiro atoms. The van der Waals surface area contributed by atoms with Crippen molar-refractivity contribution in [2.45, 2.75) is 19.4 Å². The molecule has 3 rings (SSSR count). The molecule has 1 aliphatic rings. The van der Waals surface area contributed by atoms with Gasteiger partial charge in [-0.2, -0.15) is 0 Å². The van der Waals surface area contributed by atoms with Gasteiger partial charge in [0.05, 0.1) is 0 Å². The molecule has 1 saturated heterocycles. The molecule has 0 aromatic heterocycles. The van der Waals surface area contributed by atoms with Crippen molar-refractivity contribution in [1.29, 1.82) is 0 Å². The molecule has 1 aliphatic heterocycles. The lowest BCUT2D eigenvalue weighted by molar-refractivity contribution is -0.132. The highest BCUT2D eigenvalue weighted by atomic mass is 16.5. The minimum atomic E-state index is -0.0912. The third-order valence-electron chi connectivity index (χ3n) is 4.25. The number of carbonyl (C=O) groups is 2. The zero-order valence-corrected chi connectivity index (χ0v) is 14.4. The summed E-state index contributed by atoms with van der Waals surface area (Å²) in [5.41, 5.74) is 1.90. The first kappa shape index (κ1) is 17.0.